The van der Waals surface area contributed by atoms with Gasteiger partial charge in [-0.3, -0.25) is 14.7 Å². The second-order valence-electron chi connectivity index (χ2n) is 5.43. The van der Waals surface area contributed by atoms with E-state index in [9.17, 15) is 4.79 Å². The highest BCUT2D eigenvalue weighted by Gasteiger charge is 2.24. The molecule has 3 heterocycles. The lowest BCUT2D eigenvalue weighted by Gasteiger charge is -2.33. The van der Waals surface area contributed by atoms with Gasteiger partial charge in [0.25, 0.3) is 0 Å². The number of carbonyl (C=O) groups excluding carboxylic acids is 1. The number of ether oxygens (including phenoxy) is 1. The van der Waals surface area contributed by atoms with Gasteiger partial charge in [0, 0.05) is 50.6 Å². The zero-order valence-electron chi connectivity index (χ0n) is 13.1. The smallest absolute Gasteiger partial charge is 0.236 e. The fourth-order valence-electron chi connectivity index (χ4n) is 2.54. The third-order valence-corrected chi connectivity index (χ3v) is 4.78. The first-order chi connectivity index (χ1) is 11.3. The minimum Gasteiger partial charge on any atom is -0.383 e. The van der Waals surface area contributed by atoms with Gasteiger partial charge < -0.3 is 9.64 Å². The molecule has 3 rings (SSSR count). The summed E-state index contributed by atoms with van der Waals surface area (Å²) in [4.78, 5) is 26.1. The number of hydrogen-bond donors (Lipinski definition) is 0. The Kier molecular flexibility index (Phi) is 5.32. The Morgan fingerprint density at radius 1 is 1.30 bits per heavy atom. The highest BCUT2D eigenvalue weighted by molar-refractivity contribution is 7.14. The number of amides is 1. The number of pyridine rings is 1. The van der Waals surface area contributed by atoms with Gasteiger partial charge in [-0.15, -0.1) is 11.3 Å². The van der Waals surface area contributed by atoms with Crippen LogP contribution >= 0.6 is 11.3 Å². The molecule has 0 saturated carbocycles. The summed E-state index contributed by atoms with van der Waals surface area (Å²) in [6.45, 7) is 4.12. The first kappa shape index (κ1) is 16.0. The van der Waals surface area contributed by atoms with Crippen LogP contribution in [0, 0.1) is 0 Å². The number of thiazole rings is 1. The fraction of sp³-hybridized carbons (Fsp3) is 0.438. The lowest BCUT2D eigenvalue weighted by Crippen LogP contribution is -2.50. The number of aromatic nitrogens is 2. The monoisotopic (exact) mass is 332 g/mol. The highest BCUT2D eigenvalue weighted by Crippen LogP contribution is 2.24. The van der Waals surface area contributed by atoms with Crippen molar-refractivity contribution in [2.45, 2.75) is 6.54 Å². The van der Waals surface area contributed by atoms with Crippen molar-refractivity contribution in [3.05, 3.63) is 35.5 Å². The largest absolute Gasteiger partial charge is 0.383 e. The number of nitrogens with zero attached hydrogens (tertiary/aromatic N) is 4. The van der Waals surface area contributed by atoms with E-state index in [0.29, 0.717) is 19.7 Å². The van der Waals surface area contributed by atoms with E-state index in [1.165, 1.54) is 0 Å². The van der Waals surface area contributed by atoms with Crippen LogP contribution in [0.2, 0.25) is 0 Å². The lowest BCUT2D eigenvalue weighted by atomic mass is 10.3. The van der Waals surface area contributed by atoms with E-state index in [4.69, 9.17) is 4.74 Å². The molecule has 6 nitrogen and oxygen atoms in total. The molecule has 0 aliphatic carbocycles. The maximum absolute atomic E-state index is 12.1. The van der Waals surface area contributed by atoms with Gasteiger partial charge in [-0.25, -0.2) is 4.98 Å². The minimum atomic E-state index is 0.169. The molecule has 1 aliphatic rings. The normalized spacial score (nSPS) is 16.0. The van der Waals surface area contributed by atoms with E-state index in [1.54, 1.807) is 24.6 Å². The van der Waals surface area contributed by atoms with E-state index in [2.05, 4.69) is 14.9 Å². The van der Waals surface area contributed by atoms with Gasteiger partial charge in [0.1, 0.15) is 5.01 Å². The highest BCUT2D eigenvalue weighted by atomic mass is 32.1. The summed E-state index contributed by atoms with van der Waals surface area (Å²) in [5.74, 6) is 0.169. The summed E-state index contributed by atoms with van der Waals surface area (Å²) in [7, 11) is 1.66. The lowest BCUT2D eigenvalue weighted by molar-refractivity contribution is -0.136. The van der Waals surface area contributed by atoms with Crippen molar-refractivity contribution in [1.29, 1.82) is 0 Å². The standard InChI is InChI=1S/C16H20N4O2S/c1-22-9-8-20-7-6-19(12-15(20)21)11-13-10-18-16(23-13)14-4-2-3-5-17-14/h2-5,10H,6-9,11-12H2,1H3. The number of carbonyl (C=O) groups is 1. The molecule has 1 aliphatic heterocycles. The van der Waals surface area contributed by atoms with Gasteiger partial charge in [0.05, 0.1) is 18.8 Å². The Bertz CT molecular complexity index is 647. The number of methoxy groups -OCH3 is 1. The summed E-state index contributed by atoms with van der Waals surface area (Å²) in [6.07, 6.45) is 3.66. The van der Waals surface area contributed by atoms with E-state index in [1.807, 2.05) is 29.3 Å². The first-order valence-electron chi connectivity index (χ1n) is 7.61. The van der Waals surface area contributed by atoms with Crippen molar-refractivity contribution in [3.8, 4) is 10.7 Å². The van der Waals surface area contributed by atoms with Crippen LogP contribution in [0.15, 0.2) is 30.6 Å². The molecule has 1 saturated heterocycles. The van der Waals surface area contributed by atoms with Gasteiger partial charge in [-0.05, 0) is 12.1 Å². The molecule has 0 spiro atoms. The SMILES string of the molecule is COCCN1CCN(Cc2cnc(-c3ccccn3)s2)CC1=O. The van der Waals surface area contributed by atoms with Crippen molar-refractivity contribution in [2.75, 3.05) is 39.9 Å². The maximum Gasteiger partial charge on any atom is 0.236 e. The van der Waals surface area contributed by atoms with E-state index < -0.39 is 0 Å². The van der Waals surface area contributed by atoms with Crippen molar-refractivity contribution in [3.63, 3.8) is 0 Å². The molecule has 0 unspecified atom stereocenters. The van der Waals surface area contributed by atoms with Crippen LogP contribution in [0.25, 0.3) is 10.7 Å². The molecule has 0 bridgehead atoms. The molecule has 1 fully saturated rings. The van der Waals surface area contributed by atoms with Gasteiger partial charge in [0.15, 0.2) is 0 Å². The average molecular weight is 332 g/mol. The molecule has 0 atom stereocenters. The number of hydrogen-bond acceptors (Lipinski definition) is 6. The van der Waals surface area contributed by atoms with Crippen molar-refractivity contribution >= 4 is 17.2 Å². The molecule has 0 radical (unpaired) electrons. The van der Waals surface area contributed by atoms with Crippen LogP contribution in [-0.2, 0) is 16.1 Å². The van der Waals surface area contributed by atoms with Gasteiger partial charge in [-0.1, -0.05) is 6.07 Å². The van der Waals surface area contributed by atoms with Gasteiger partial charge in [0.2, 0.25) is 5.91 Å². The van der Waals surface area contributed by atoms with Crippen molar-refractivity contribution in [1.82, 2.24) is 19.8 Å². The summed E-state index contributed by atoms with van der Waals surface area (Å²) >= 11 is 1.64. The molecule has 2 aromatic heterocycles. The predicted octanol–water partition coefficient (Wildman–Crippen LogP) is 1.50. The van der Waals surface area contributed by atoms with Crippen molar-refractivity contribution < 1.29 is 9.53 Å². The zero-order chi connectivity index (χ0) is 16.1. The summed E-state index contributed by atoms with van der Waals surface area (Å²) in [5, 5.41) is 0.922. The second kappa shape index (κ2) is 7.63. The second-order valence-corrected chi connectivity index (χ2v) is 6.55. The zero-order valence-corrected chi connectivity index (χ0v) is 14.0. The Hall–Kier alpha value is -1.83. The molecule has 7 heteroatoms. The molecule has 122 valence electrons. The van der Waals surface area contributed by atoms with E-state index in [-0.39, 0.29) is 5.91 Å². The van der Waals surface area contributed by atoms with Crippen LogP contribution < -0.4 is 0 Å². The average Bonchev–Trinajstić information content (AvgIpc) is 3.03. The molecule has 0 aromatic carbocycles. The van der Waals surface area contributed by atoms with Crippen LogP contribution in [0.3, 0.4) is 0 Å². The summed E-state index contributed by atoms with van der Waals surface area (Å²) in [5.41, 5.74) is 0.893. The van der Waals surface area contributed by atoms with Crippen LogP contribution in [-0.4, -0.2) is 65.6 Å². The number of rotatable bonds is 6. The Labute approximate surface area is 139 Å². The van der Waals surface area contributed by atoms with Gasteiger partial charge in [-0.2, -0.15) is 0 Å². The van der Waals surface area contributed by atoms with E-state index >= 15 is 0 Å². The Morgan fingerprint density at radius 3 is 2.96 bits per heavy atom. The molecule has 2 aromatic rings. The first-order valence-corrected chi connectivity index (χ1v) is 8.43. The molecular weight excluding hydrogens is 312 g/mol. The molecular formula is C16H20N4O2S. The Morgan fingerprint density at radius 2 is 2.22 bits per heavy atom. The topological polar surface area (TPSA) is 58.6 Å². The van der Waals surface area contributed by atoms with Crippen LogP contribution in [0.1, 0.15) is 4.88 Å². The third kappa shape index (κ3) is 4.13. The van der Waals surface area contributed by atoms with Gasteiger partial charge >= 0.3 is 0 Å². The third-order valence-electron chi connectivity index (χ3n) is 3.78. The van der Waals surface area contributed by atoms with Crippen LogP contribution in [0.5, 0.6) is 0 Å². The summed E-state index contributed by atoms with van der Waals surface area (Å²) < 4.78 is 5.04. The molecule has 0 N–H and O–H groups in total. The minimum absolute atomic E-state index is 0.169. The predicted molar refractivity (Wildman–Crippen MR) is 89.1 cm³/mol. The van der Waals surface area contributed by atoms with Crippen LogP contribution in [0.4, 0.5) is 0 Å². The maximum atomic E-state index is 12.1. The van der Waals surface area contributed by atoms with Crippen molar-refractivity contribution in [2.24, 2.45) is 0 Å². The number of piperazine rings is 1. The fourth-order valence-corrected chi connectivity index (χ4v) is 3.47. The Balaban J connectivity index is 1.57. The van der Waals surface area contributed by atoms with E-state index in [0.717, 1.165) is 35.2 Å². The quantitative estimate of drug-likeness (QED) is 0.802. The molecule has 1 amide bonds. The molecule has 23 heavy (non-hydrogen) atoms. The summed E-state index contributed by atoms with van der Waals surface area (Å²) in [6, 6.07) is 5.81.